The van der Waals surface area contributed by atoms with Gasteiger partial charge in [-0.25, -0.2) is 0 Å². The summed E-state index contributed by atoms with van der Waals surface area (Å²) in [7, 11) is 4.26. The fraction of sp³-hybridized carbons (Fsp3) is 0.611. The first-order chi connectivity index (χ1) is 9.95. The van der Waals surface area contributed by atoms with E-state index in [1.165, 1.54) is 5.56 Å². The molecule has 1 aromatic carbocycles. The molecule has 1 heterocycles. The number of piperazine rings is 1. The average molecular weight is 288 g/mol. The van der Waals surface area contributed by atoms with Gasteiger partial charge in [0, 0.05) is 37.7 Å². The van der Waals surface area contributed by atoms with Crippen LogP contribution in [0.25, 0.3) is 0 Å². The smallest absolute Gasteiger partial charge is 0.164 e. The lowest BCUT2D eigenvalue weighted by atomic mass is 9.96. The molecule has 116 valence electrons. The van der Waals surface area contributed by atoms with E-state index in [4.69, 9.17) is 0 Å². The Morgan fingerprint density at radius 3 is 2.76 bits per heavy atom. The summed E-state index contributed by atoms with van der Waals surface area (Å²) in [5.74, 6) is 0.890. The van der Waals surface area contributed by atoms with Crippen LogP contribution in [-0.4, -0.2) is 55.4 Å². The molecule has 3 nitrogen and oxygen atoms in total. The Morgan fingerprint density at radius 1 is 1.29 bits per heavy atom. The van der Waals surface area contributed by atoms with Gasteiger partial charge in [0.15, 0.2) is 5.78 Å². The van der Waals surface area contributed by atoms with Crippen molar-refractivity contribution in [3.8, 4) is 0 Å². The zero-order chi connectivity index (χ0) is 15.4. The van der Waals surface area contributed by atoms with E-state index in [-0.39, 0.29) is 5.78 Å². The monoisotopic (exact) mass is 288 g/mol. The minimum Gasteiger partial charge on any atom is -0.304 e. The summed E-state index contributed by atoms with van der Waals surface area (Å²) in [6.45, 7) is 7.53. The van der Waals surface area contributed by atoms with Crippen molar-refractivity contribution in [2.24, 2.45) is 5.92 Å². The van der Waals surface area contributed by atoms with Crippen LogP contribution in [-0.2, 0) is 6.42 Å². The Kier molecular flexibility index (Phi) is 5.54. The van der Waals surface area contributed by atoms with Gasteiger partial charge in [-0.2, -0.15) is 0 Å². The molecule has 0 saturated carbocycles. The number of hydrogen-bond donors (Lipinski definition) is 0. The fourth-order valence-electron chi connectivity index (χ4n) is 3.00. The molecular formula is C18H28N2O. The predicted molar refractivity (Wildman–Crippen MR) is 87.8 cm³/mol. The van der Waals surface area contributed by atoms with Crippen molar-refractivity contribution >= 4 is 5.78 Å². The number of Topliss-reactive ketones (excluding diaryl/α,β-unsaturated/α-hetero) is 1. The predicted octanol–water partition coefficient (Wildman–Crippen LogP) is 2.70. The van der Waals surface area contributed by atoms with Crippen molar-refractivity contribution in [1.82, 2.24) is 9.80 Å². The first kappa shape index (κ1) is 16.2. The summed E-state index contributed by atoms with van der Waals surface area (Å²) < 4.78 is 0. The highest BCUT2D eigenvalue weighted by molar-refractivity contribution is 5.96. The van der Waals surface area contributed by atoms with Crippen LogP contribution in [0, 0.1) is 5.92 Å². The number of nitrogens with zero attached hydrogens (tertiary/aromatic N) is 2. The maximum absolute atomic E-state index is 12.6. The molecule has 0 N–H and O–H groups in total. The molecular weight excluding hydrogens is 260 g/mol. The Labute approximate surface area is 128 Å². The topological polar surface area (TPSA) is 23.6 Å². The van der Waals surface area contributed by atoms with E-state index in [2.05, 4.69) is 49.9 Å². The highest BCUT2D eigenvalue weighted by atomic mass is 16.1. The van der Waals surface area contributed by atoms with E-state index in [1.54, 1.807) is 0 Å². The quantitative estimate of drug-likeness (QED) is 0.778. The number of rotatable bonds is 5. The average Bonchev–Trinajstić information content (AvgIpc) is 2.42. The van der Waals surface area contributed by atoms with E-state index in [9.17, 15) is 4.79 Å². The maximum atomic E-state index is 12.6. The molecule has 0 radical (unpaired) electrons. The molecule has 1 aromatic rings. The van der Waals surface area contributed by atoms with Gasteiger partial charge >= 0.3 is 0 Å². The number of hydrogen-bond acceptors (Lipinski definition) is 3. The van der Waals surface area contributed by atoms with Gasteiger partial charge in [-0.05, 0) is 38.1 Å². The normalized spacial score (nSPS) is 20.9. The molecule has 1 aliphatic heterocycles. The fourth-order valence-corrected chi connectivity index (χ4v) is 3.00. The highest BCUT2D eigenvalue weighted by Crippen LogP contribution is 2.16. The Balaban J connectivity index is 2.02. The van der Waals surface area contributed by atoms with E-state index in [0.717, 1.165) is 31.6 Å². The SMILES string of the molecule is CC(C)Cc1cccc(C(=O)CC2CN(C)CCN2C)c1. The van der Waals surface area contributed by atoms with E-state index in [1.807, 2.05) is 12.1 Å². The first-order valence-electron chi connectivity index (χ1n) is 7.96. The maximum Gasteiger partial charge on any atom is 0.164 e. The van der Waals surface area contributed by atoms with Crippen molar-refractivity contribution in [3.05, 3.63) is 35.4 Å². The van der Waals surface area contributed by atoms with E-state index < -0.39 is 0 Å². The molecule has 21 heavy (non-hydrogen) atoms. The Hall–Kier alpha value is -1.19. The van der Waals surface area contributed by atoms with Gasteiger partial charge in [0.2, 0.25) is 0 Å². The standard InChI is InChI=1S/C18H28N2O/c1-14(2)10-15-6-5-7-16(11-15)18(21)12-17-13-19(3)8-9-20(17)4/h5-7,11,14,17H,8-10,12-13H2,1-4H3. The molecule has 3 heteroatoms. The van der Waals surface area contributed by atoms with Crippen molar-refractivity contribution in [3.63, 3.8) is 0 Å². The number of likely N-dealkylation sites (N-methyl/N-ethyl adjacent to an activating group) is 2. The Morgan fingerprint density at radius 2 is 2.05 bits per heavy atom. The van der Waals surface area contributed by atoms with Gasteiger partial charge in [-0.15, -0.1) is 0 Å². The molecule has 0 aliphatic carbocycles. The van der Waals surface area contributed by atoms with Gasteiger partial charge in [-0.1, -0.05) is 32.0 Å². The number of carbonyl (C=O) groups is 1. The van der Waals surface area contributed by atoms with Crippen LogP contribution in [0.4, 0.5) is 0 Å². The summed E-state index contributed by atoms with van der Waals surface area (Å²) in [6.07, 6.45) is 1.65. The molecule has 1 atom stereocenters. The van der Waals surface area contributed by atoms with Crippen molar-refractivity contribution in [2.75, 3.05) is 33.7 Å². The molecule has 1 aliphatic rings. The van der Waals surface area contributed by atoms with Crippen LogP contribution >= 0.6 is 0 Å². The molecule has 0 amide bonds. The Bertz CT molecular complexity index is 484. The van der Waals surface area contributed by atoms with Crippen molar-refractivity contribution in [1.29, 1.82) is 0 Å². The van der Waals surface area contributed by atoms with E-state index in [0.29, 0.717) is 18.4 Å². The minimum absolute atomic E-state index is 0.271. The minimum atomic E-state index is 0.271. The summed E-state index contributed by atoms with van der Waals surface area (Å²) in [5.41, 5.74) is 2.14. The molecule has 2 rings (SSSR count). The summed E-state index contributed by atoms with van der Waals surface area (Å²) in [4.78, 5) is 17.2. The van der Waals surface area contributed by atoms with Crippen LogP contribution in [0.3, 0.4) is 0 Å². The van der Waals surface area contributed by atoms with Crippen LogP contribution in [0.15, 0.2) is 24.3 Å². The third kappa shape index (κ3) is 4.65. The summed E-state index contributed by atoms with van der Waals surface area (Å²) >= 11 is 0. The zero-order valence-electron chi connectivity index (χ0n) is 13.8. The first-order valence-corrected chi connectivity index (χ1v) is 7.96. The van der Waals surface area contributed by atoms with Gasteiger partial charge in [0.25, 0.3) is 0 Å². The highest BCUT2D eigenvalue weighted by Gasteiger charge is 2.24. The van der Waals surface area contributed by atoms with Crippen LogP contribution in [0.2, 0.25) is 0 Å². The third-order valence-corrected chi connectivity index (χ3v) is 4.29. The summed E-state index contributed by atoms with van der Waals surface area (Å²) in [5, 5.41) is 0. The number of benzene rings is 1. The molecule has 0 spiro atoms. The van der Waals surface area contributed by atoms with Gasteiger partial charge in [0.05, 0.1) is 0 Å². The van der Waals surface area contributed by atoms with Gasteiger partial charge < -0.3 is 9.80 Å². The lowest BCUT2D eigenvalue weighted by Gasteiger charge is -2.37. The van der Waals surface area contributed by atoms with Crippen LogP contribution in [0.5, 0.6) is 0 Å². The second kappa shape index (κ2) is 7.19. The number of ketones is 1. The van der Waals surface area contributed by atoms with Gasteiger partial charge in [-0.3, -0.25) is 4.79 Å². The zero-order valence-corrected chi connectivity index (χ0v) is 13.8. The van der Waals surface area contributed by atoms with Crippen molar-refractivity contribution in [2.45, 2.75) is 32.7 Å². The van der Waals surface area contributed by atoms with E-state index >= 15 is 0 Å². The second-order valence-corrected chi connectivity index (χ2v) is 6.82. The molecule has 1 saturated heterocycles. The van der Waals surface area contributed by atoms with Crippen LogP contribution in [0.1, 0.15) is 36.2 Å². The molecule has 0 bridgehead atoms. The number of carbonyl (C=O) groups excluding carboxylic acids is 1. The molecule has 1 fully saturated rings. The molecule has 1 unspecified atom stereocenters. The molecule has 0 aromatic heterocycles. The lowest BCUT2D eigenvalue weighted by Crippen LogP contribution is -2.50. The van der Waals surface area contributed by atoms with Crippen LogP contribution < -0.4 is 0 Å². The van der Waals surface area contributed by atoms with Crippen molar-refractivity contribution < 1.29 is 4.79 Å². The third-order valence-electron chi connectivity index (χ3n) is 4.29. The summed E-state index contributed by atoms with van der Waals surface area (Å²) in [6, 6.07) is 8.51. The lowest BCUT2D eigenvalue weighted by molar-refractivity contribution is 0.0810. The van der Waals surface area contributed by atoms with Gasteiger partial charge in [0.1, 0.15) is 0 Å². The second-order valence-electron chi connectivity index (χ2n) is 6.82. The largest absolute Gasteiger partial charge is 0.304 e.